The van der Waals surface area contributed by atoms with Crippen LogP contribution in [0.5, 0.6) is 0 Å². The highest BCUT2D eigenvalue weighted by molar-refractivity contribution is 5.99. The molecule has 0 unspecified atom stereocenters. The Hall–Kier alpha value is -3.27. The third kappa shape index (κ3) is 4.80. The van der Waals surface area contributed by atoms with Crippen molar-refractivity contribution in [3.63, 3.8) is 0 Å². The van der Waals surface area contributed by atoms with Gasteiger partial charge in [-0.25, -0.2) is 9.37 Å². The van der Waals surface area contributed by atoms with Crippen molar-refractivity contribution in [1.29, 1.82) is 0 Å². The van der Waals surface area contributed by atoms with Crippen molar-refractivity contribution in [1.82, 2.24) is 9.97 Å². The highest BCUT2D eigenvalue weighted by Crippen LogP contribution is 2.28. The minimum Gasteiger partial charge on any atom is -0.365 e. The van der Waals surface area contributed by atoms with Gasteiger partial charge in [0.2, 0.25) is 5.91 Å². The molecule has 1 aliphatic heterocycles. The quantitative estimate of drug-likeness (QED) is 0.540. The molecule has 1 aliphatic carbocycles. The SMILES string of the molecule is NC(=O)c1cc(F)c(N[C@@H]2CCCC[C@@H]2N)nc1Nc1cncc(N2CCCCC2=O)c1. The molecular formula is C22H28FN7O2. The first kappa shape index (κ1) is 21.9. The van der Waals surface area contributed by atoms with E-state index >= 15 is 0 Å². The lowest BCUT2D eigenvalue weighted by Gasteiger charge is -2.30. The average molecular weight is 442 g/mol. The molecule has 9 nitrogen and oxygen atoms in total. The molecule has 2 amide bonds. The first-order valence-electron chi connectivity index (χ1n) is 11.0. The van der Waals surface area contributed by atoms with Crippen LogP contribution < -0.4 is 27.0 Å². The molecule has 10 heteroatoms. The highest BCUT2D eigenvalue weighted by Gasteiger charge is 2.25. The predicted molar refractivity (Wildman–Crippen MR) is 120 cm³/mol. The molecule has 6 N–H and O–H groups in total. The number of pyridine rings is 2. The predicted octanol–water partition coefficient (Wildman–Crippen LogP) is 2.66. The number of rotatable bonds is 6. The molecule has 2 aromatic rings. The van der Waals surface area contributed by atoms with Crippen molar-refractivity contribution in [3.05, 3.63) is 35.9 Å². The number of anilines is 4. The first-order chi connectivity index (χ1) is 15.4. The first-order valence-corrected chi connectivity index (χ1v) is 11.0. The van der Waals surface area contributed by atoms with Gasteiger partial charge in [0.15, 0.2) is 11.6 Å². The molecule has 0 radical (unpaired) electrons. The molecular weight excluding hydrogens is 413 g/mol. The number of carbonyl (C=O) groups excluding carboxylic acids is 2. The third-order valence-corrected chi connectivity index (χ3v) is 6.00. The van der Waals surface area contributed by atoms with E-state index in [0.29, 0.717) is 24.3 Å². The summed E-state index contributed by atoms with van der Waals surface area (Å²) in [6.07, 6.45) is 9.18. The minimum absolute atomic E-state index is 0.00942. The highest BCUT2D eigenvalue weighted by atomic mass is 19.1. The van der Waals surface area contributed by atoms with E-state index in [1.807, 2.05) is 0 Å². The van der Waals surface area contributed by atoms with Crippen LogP contribution in [0, 0.1) is 5.82 Å². The van der Waals surface area contributed by atoms with Gasteiger partial charge in [-0.3, -0.25) is 14.6 Å². The van der Waals surface area contributed by atoms with Gasteiger partial charge >= 0.3 is 0 Å². The van der Waals surface area contributed by atoms with Gasteiger partial charge < -0.3 is 27.0 Å². The Morgan fingerprint density at radius 2 is 1.94 bits per heavy atom. The van der Waals surface area contributed by atoms with Gasteiger partial charge in [-0.2, -0.15) is 0 Å². The number of carbonyl (C=O) groups is 2. The fraction of sp³-hybridized carbons (Fsp3) is 0.455. The van der Waals surface area contributed by atoms with Crippen molar-refractivity contribution in [3.8, 4) is 0 Å². The fourth-order valence-electron chi connectivity index (χ4n) is 4.25. The number of hydrogen-bond acceptors (Lipinski definition) is 7. The summed E-state index contributed by atoms with van der Waals surface area (Å²) >= 11 is 0. The van der Waals surface area contributed by atoms with E-state index in [2.05, 4.69) is 20.6 Å². The Kier molecular flexibility index (Phi) is 6.50. The van der Waals surface area contributed by atoms with Crippen LogP contribution in [0.25, 0.3) is 0 Å². The summed E-state index contributed by atoms with van der Waals surface area (Å²) in [5.74, 6) is -1.32. The number of hydrogen-bond donors (Lipinski definition) is 4. The molecule has 170 valence electrons. The zero-order valence-electron chi connectivity index (χ0n) is 17.8. The molecule has 0 bridgehead atoms. The fourth-order valence-corrected chi connectivity index (χ4v) is 4.25. The van der Waals surface area contributed by atoms with E-state index < -0.39 is 11.7 Å². The van der Waals surface area contributed by atoms with Crippen LogP contribution in [0.1, 0.15) is 55.3 Å². The maximum atomic E-state index is 14.7. The van der Waals surface area contributed by atoms with Crippen LogP contribution in [-0.2, 0) is 4.79 Å². The normalized spacial score (nSPS) is 21.3. The van der Waals surface area contributed by atoms with Gasteiger partial charge in [-0.1, -0.05) is 12.8 Å². The van der Waals surface area contributed by atoms with Crippen molar-refractivity contribution >= 4 is 34.8 Å². The van der Waals surface area contributed by atoms with E-state index in [4.69, 9.17) is 11.5 Å². The second kappa shape index (κ2) is 9.47. The van der Waals surface area contributed by atoms with Gasteiger partial charge in [0.25, 0.3) is 5.91 Å². The summed E-state index contributed by atoms with van der Waals surface area (Å²) in [4.78, 5) is 34.4. The largest absolute Gasteiger partial charge is 0.365 e. The summed E-state index contributed by atoms with van der Waals surface area (Å²) in [5.41, 5.74) is 12.7. The summed E-state index contributed by atoms with van der Waals surface area (Å²) in [7, 11) is 0. The Morgan fingerprint density at radius 1 is 1.12 bits per heavy atom. The van der Waals surface area contributed by atoms with E-state index in [0.717, 1.165) is 44.6 Å². The van der Waals surface area contributed by atoms with Crippen molar-refractivity contribution in [2.45, 2.75) is 57.0 Å². The number of primary amides is 1. The molecule has 32 heavy (non-hydrogen) atoms. The summed E-state index contributed by atoms with van der Waals surface area (Å²) in [6.45, 7) is 0.626. The number of piperidine rings is 1. The molecule has 2 aromatic heterocycles. The second-order valence-electron chi connectivity index (χ2n) is 8.34. The lowest BCUT2D eigenvalue weighted by Crippen LogP contribution is -2.43. The molecule has 4 rings (SSSR count). The Labute approximate surface area is 185 Å². The maximum Gasteiger partial charge on any atom is 0.252 e. The molecule has 2 fully saturated rings. The minimum atomic E-state index is -0.810. The molecule has 1 saturated carbocycles. The Morgan fingerprint density at radius 3 is 2.69 bits per heavy atom. The van der Waals surface area contributed by atoms with Crippen molar-refractivity contribution in [2.75, 3.05) is 22.1 Å². The van der Waals surface area contributed by atoms with Crippen LogP contribution in [0.2, 0.25) is 0 Å². The topological polar surface area (TPSA) is 139 Å². The summed E-state index contributed by atoms with van der Waals surface area (Å²) < 4.78 is 14.7. The third-order valence-electron chi connectivity index (χ3n) is 6.00. The number of nitrogens with two attached hydrogens (primary N) is 2. The molecule has 2 atom stereocenters. The Bertz CT molecular complexity index is 1020. The lowest BCUT2D eigenvalue weighted by atomic mass is 9.91. The van der Waals surface area contributed by atoms with Gasteiger partial charge in [-0.15, -0.1) is 0 Å². The van der Waals surface area contributed by atoms with E-state index in [-0.39, 0.29) is 35.2 Å². The van der Waals surface area contributed by atoms with Crippen LogP contribution in [0.3, 0.4) is 0 Å². The summed E-state index contributed by atoms with van der Waals surface area (Å²) in [5, 5.41) is 6.10. The van der Waals surface area contributed by atoms with Crippen molar-refractivity contribution < 1.29 is 14.0 Å². The number of nitrogens with one attached hydrogen (secondary N) is 2. The standard InChI is InChI=1S/C22H28FN7O2/c23-16-10-15(20(25)32)21(29-22(16)28-18-6-2-1-5-17(18)24)27-13-9-14(12-26-11-13)30-8-4-3-7-19(30)31/h9-12,17-18H,1-8,24H2,(H2,25,32)(H2,27,28,29)/t17-,18+/m0/s1. The average Bonchev–Trinajstić information content (AvgIpc) is 2.77. The van der Waals surface area contributed by atoms with E-state index in [9.17, 15) is 14.0 Å². The molecule has 0 spiro atoms. The van der Waals surface area contributed by atoms with Gasteiger partial charge in [-0.05, 0) is 37.8 Å². The molecule has 1 saturated heterocycles. The zero-order chi connectivity index (χ0) is 22.7. The van der Waals surface area contributed by atoms with Gasteiger partial charge in [0.1, 0.15) is 5.82 Å². The molecule has 2 aliphatic rings. The molecule has 0 aromatic carbocycles. The molecule has 3 heterocycles. The van der Waals surface area contributed by atoms with E-state index in [1.54, 1.807) is 17.2 Å². The van der Waals surface area contributed by atoms with Gasteiger partial charge in [0.05, 0.1) is 29.3 Å². The number of nitrogens with zero attached hydrogens (tertiary/aromatic N) is 3. The maximum absolute atomic E-state index is 14.7. The lowest BCUT2D eigenvalue weighted by molar-refractivity contribution is -0.119. The second-order valence-corrected chi connectivity index (χ2v) is 8.34. The zero-order valence-corrected chi connectivity index (χ0v) is 17.8. The van der Waals surface area contributed by atoms with E-state index in [1.165, 1.54) is 6.20 Å². The van der Waals surface area contributed by atoms with Crippen LogP contribution in [-0.4, -0.2) is 40.4 Å². The summed E-state index contributed by atoms with van der Waals surface area (Å²) in [6, 6.07) is 2.61. The number of halogens is 1. The monoisotopic (exact) mass is 441 g/mol. The van der Waals surface area contributed by atoms with Crippen molar-refractivity contribution in [2.24, 2.45) is 11.5 Å². The van der Waals surface area contributed by atoms with Gasteiger partial charge in [0, 0.05) is 25.0 Å². The van der Waals surface area contributed by atoms with Crippen LogP contribution in [0.4, 0.5) is 27.4 Å². The Balaban J connectivity index is 1.61. The van der Waals surface area contributed by atoms with Crippen LogP contribution in [0.15, 0.2) is 24.5 Å². The number of aromatic nitrogens is 2. The van der Waals surface area contributed by atoms with Crippen LogP contribution >= 0.6 is 0 Å². The number of amides is 2. The smallest absolute Gasteiger partial charge is 0.252 e.